The average molecular weight is 399 g/mol. The van der Waals surface area contributed by atoms with Gasteiger partial charge in [0.15, 0.2) is 10.9 Å². The molecule has 3 heterocycles. The Kier molecular flexibility index (Phi) is 4.84. The highest BCUT2D eigenvalue weighted by atomic mass is 32.2. The Balaban J connectivity index is 1.43. The number of thioether (sulfide) groups is 1. The molecule has 0 saturated heterocycles. The van der Waals surface area contributed by atoms with Crippen LogP contribution in [0.25, 0.3) is 0 Å². The second-order valence-corrected chi connectivity index (χ2v) is 8.41. The highest BCUT2D eigenvalue weighted by Gasteiger charge is 2.27. The molecule has 4 rings (SSSR count). The fourth-order valence-corrected chi connectivity index (χ4v) is 4.52. The van der Waals surface area contributed by atoms with Crippen molar-refractivity contribution < 1.29 is 9.59 Å². The summed E-state index contributed by atoms with van der Waals surface area (Å²) in [7, 11) is 1.92. The van der Waals surface area contributed by atoms with E-state index < -0.39 is 0 Å². The predicted octanol–water partition coefficient (Wildman–Crippen LogP) is 3.50. The number of Topliss-reactive ketones (excluding diaryl/α,β-unsaturated/α-hetero) is 1. The molecular formula is C19H18N4O2S2. The van der Waals surface area contributed by atoms with Gasteiger partial charge in [-0.25, -0.2) is 0 Å². The summed E-state index contributed by atoms with van der Waals surface area (Å²) in [5.41, 5.74) is 2.29. The van der Waals surface area contributed by atoms with E-state index in [2.05, 4.69) is 21.6 Å². The van der Waals surface area contributed by atoms with Crippen LogP contribution in [0.3, 0.4) is 0 Å². The fourth-order valence-electron chi connectivity index (χ4n) is 3.00. The Morgan fingerprint density at radius 1 is 1.33 bits per heavy atom. The number of rotatable bonds is 6. The van der Waals surface area contributed by atoms with Crippen LogP contribution in [-0.4, -0.2) is 32.2 Å². The van der Waals surface area contributed by atoms with E-state index in [4.69, 9.17) is 0 Å². The highest BCUT2D eigenvalue weighted by molar-refractivity contribution is 7.99. The average Bonchev–Trinajstić information content (AvgIpc) is 3.36. The van der Waals surface area contributed by atoms with E-state index in [1.807, 2.05) is 36.1 Å². The van der Waals surface area contributed by atoms with Gasteiger partial charge in [-0.3, -0.25) is 9.59 Å². The first-order chi connectivity index (χ1) is 13.0. The first-order valence-electron chi connectivity index (χ1n) is 8.54. The van der Waals surface area contributed by atoms with Crippen molar-refractivity contribution in [3.05, 3.63) is 57.5 Å². The number of thiophene rings is 1. The lowest BCUT2D eigenvalue weighted by molar-refractivity contribution is -0.116. The zero-order chi connectivity index (χ0) is 19.0. The number of fused-ring (bicyclic) bond motifs is 1. The molecule has 0 aliphatic carbocycles. The van der Waals surface area contributed by atoms with Crippen molar-refractivity contribution in [2.24, 2.45) is 7.05 Å². The lowest BCUT2D eigenvalue weighted by Gasteiger charge is -2.06. The molecule has 1 amide bonds. The van der Waals surface area contributed by atoms with E-state index in [9.17, 15) is 9.59 Å². The van der Waals surface area contributed by atoms with Gasteiger partial charge in [0.2, 0.25) is 5.91 Å². The summed E-state index contributed by atoms with van der Waals surface area (Å²) in [4.78, 5) is 25.6. The van der Waals surface area contributed by atoms with Crippen molar-refractivity contribution in [1.82, 2.24) is 14.8 Å². The van der Waals surface area contributed by atoms with Crippen molar-refractivity contribution in [2.45, 2.75) is 24.4 Å². The quantitative estimate of drug-likeness (QED) is 0.508. The summed E-state index contributed by atoms with van der Waals surface area (Å²) in [5.74, 6) is 0.917. The van der Waals surface area contributed by atoms with Crippen molar-refractivity contribution in [2.75, 3.05) is 11.1 Å². The smallest absolute Gasteiger partial charge is 0.231 e. The molecule has 0 radical (unpaired) electrons. The third-order valence-corrected chi connectivity index (χ3v) is 6.56. The summed E-state index contributed by atoms with van der Waals surface area (Å²) < 4.78 is 1.94. The van der Waals surface area contributed by atoms with Gasteiger partial charge in [0.1, 0.15) is 5.82 Å². The second-order valence-electron chi connectivity index (χ2n) is 6.44. The van der Waals surface area contributed by atoms with Crippen LogP contribution in [0.1, 0.15) is 39.5 Å². The van der Waals surface area contributed by atoms with Crippen LogP contribution in [0.5, 0.6) is 0 Å². The Labute approximate surface area is 165 Å². The van der Waals surface area contributed by atoms with E-state index in [-0.39, 0.29) is 23.4 Å². The maximum Gasteiger partial charge on any atom is 0.231 e. The molecule has 0 unspecified atom stereocenters. The third kappa shape index (κ3) is 3.54. The molecule has 8 heteroatoms. The van der Waals surface area contributed by atoms with Gasteiger partial charge in [0, 0.05) is 29.6 Å². The number of benzene rings is 1. The number of nitrogens with one attached hydrogen (secondary N) is 1. The summed E-state index contributed by atoms with van der Waals surface area (Å²) >= 11 is 3.07. The van der Waals surface area contributed by atoms with Crippen LogP contribution in [0.15, 0.2) is 40.9 Å². The molecule has 138 valence electrons. The van der Waals surface area contributed by atoms with Gasteiger partial charge in [0.05, 0.1) is 11.7 Å². The van der Waals surface area contributed by atoms with Crippen LogP contribution in [0.4, 0.5) is 5.69 Å². The van der Waals surface area contributed by atoms with E-state index in [1.54, 1.807) is 23.5 Å². The SMILES string of the molecule is C[C@H]1C(=O)Nc2ccc(C(=O)CSc3nnc(Cc4cccs4)n3C)cc21. The molecule has 6 nitrogen and oxygen atoms in total. The van der Waals surface area contributed by atoms with Gasteiger partial charge in [-0.05, 0) is 42.1 Å². The Morgan fingerprint density at radius 3 is 2.96 bits per heavy atom. The number of ketones is 1. The normalized spacial score (nSPS) is 15.6. The topological polar surface area (TPSA) is 76.9 Å². The van der Waals surface area contributed by atoms with Crippen LogP contribution in [0.2, 0.25) is 0 Å². The van der Waals surface area contributed by atoms with Crippen LogP contribution in [-0.2, 0) is 18.3 Å². The summed E-state index contributed by atoms with van der Waals surface area (Å²) in [6.45, 7) is 1.85. The number of aromatic nitrogens is 3. The van der Waals surface area contributed by atoms with Crippen molar-refractivity contribution in [1.29, 1.82) is 0 Å². The molecule has 0 spiro atoms. The number of hydrogen-bond acceptors (Lipinski definition) is 6. The number of amides is 1. The monoisotopic (exact) mass is 398 g/mol. The predicted molar refractivity (Wildman–Crippen MR) is 107 cm³/mol. The van der Waals surface area contributed by atoms with E-state index in [1.165, 1.54) is 16.6 Å². The van der Waals surface area contributed by atoms with E-state index in [0.29, 0.717) is 5.56 Å². The molecule has 1 aliphatic rings. The third-order valence-electron chi connectivity index (χ3n) is 4.66. The van der Waals surface area contributed by atoms with Gasteiger partial charge < -0.3 is 9.88 Å². The Morgan fingerprint density at radius 2 is 2.19 bits per heavy atom. The molecule has 0 saturated carbocycles. The first kappa shape index (κ1) is 17.9. The van der Waals surface area contributed by atoms with Crippen molar-refractivity contribution in [3.8, 4) is 0 Å². The zero-order valence-corrected chi connectivity index (χ0v) is 16.6. The first-order valence-corrected chi connectivity index (χ1v) is 10.4. The number of anilines is 1. The molecule has 1 aromatic carbocycles. The standard InChI is InChI=1S/C19H18N4O2S2/c1-11-14-8-12(5-6-15(14)20-18(11)25)16(24)10-27-19-22-21-17(23(19)2)9-13-4-3-7-26-13/h3-8,11H,9-10H2,1-2H3,(H,20,25)/t11-/m1/s1. The summed E-state index contributed by atoms with van der Waals surface area (Å²) in [5, 5.41) is 14.1. The van der Waals surface area contributed by atoms with Gasteiger partial charge >= 0.3 is 0 Å². The lowest BCUT2D eigenvalue weighted by atomic mass is 9.99. The van der Waals surface area contributed by atoms with Gasteiger partial charge in [0.25, 0.3) is 0 Å². The highest BCUT2D eigenvalue weighted by Crippen LogP contribution is 2.33. The molecule has 0 fully saturated rings. The number of nitrogens with zero attached hydrogens (tertiary/aromatic N) is 3. The fraction of sp³-hybridized carbons (Fsp3) is 0.263. The van der Waals surface area contributed by atoms with Gasteiger partial charge in [-0.2, -0.15) is 0 Å². The minimum Gasteiger partial charge on any atom is -0.325 e. The molecule has 1 atom stereocenters. The van der Waals surface area contributed by atoms with Crippen molar-refractivity contribution >= 4 is 40.5 Å². The minimum absolute atomic E-state index is 0.0113. The summed E-state index contributed by atoms with van der Waals surface area (Å²) in [6, 6.07) is 9.48. The Hall–Kier alpha value is -2.45. The minimum atomic E-state index is -0.223. The van der Waals surface area contributed by atoms with Crippen LogP contribution < -0.4 is 5.32 Å². The maximum atomic E-state index is 12.6. The number of hydrogen-bond donors (Lipinski definition) is 1. The number of carbonyl (C=O) groups excluding carboxylic acids is 2. The maximum absolute atomic E-state index is 12.6. The summed E-state index contributed by atoms with van der Waals surface area (Å²) in [6.07, 6.45) is 0.736. The zero-order valence-electron chi connectivity index (χ0n) is 14.9. The van der Waals surface area contributed by atoms with Crippen LogP contribution in [0, 0.1) is 0 Å². The Bertz CT molecular complexity index is 1010. The van der Waals surface area contributed by atoms with E-state index >= 15 is 0 Å². The molecule has 2 aromatic heterocycles. The molecule has 1 N–H and O–H groups in total. The van der Waals surface area contributed by atoms with Gasteiger partial charge in [-0.15, -0.1) is 21.5 Å². The van der Waals surface area contributed by atoms with Crippen LogP contribution >= 0.6 is 23.1 Å². The molecule has 27 heavy (non-hydrogen) atoms. The largest absolute Gasteiger partial charge is 0.325 e. The van der Waals surface area contributed by atoms with Crippen molar-refractivity contribution in [3.63, 3.8) is 0 Å². The number of carbonyl (C=O) groups is 2. The molecular weight excluding hydrogens is 380 g/mol. The molecule has 3 aromatic rings. The molecule has 1 aliphatic heterocycles. The second kappa shape index (κ2) is 7.28. The van der Waals surface area contributed by atoms with E-state index in [0.717, 1.165) is 28.7 Å². The molecule has 0 bridgehead atoms. The lowest BCUT2D eigenvalue weighted by Crippen LogP contribution is -2.08. The van der Waals surface area contributed by atoms with Gasteiger partial charge in [-0.1, -0.05) is 17.8 Å².